The van der Waals surface area contributed by atoms with Gasteiger partial charge < -0.3 is 4.90 Å². The molecule has 19 heavy (non-hydrogen) atoms. The Hall–Kier alpha value is -0.700. The lowest BCUT2D eigenvalue weighted by molar-refractivity contribution is 0.622. The van der Waals surface area contributed by atoms with Crippen molar-refractivity contribution in [3.8, 4) is 0 Å². The summed E-state index contributed by atoms with van der Waals surface area (Å²) in [5, 5.41) is 0.557. The lowest BCUT2D eigenvalue weighted by atomic mass is 9.91. The summed E-state index contributed by atoms with van der Waals surface area (Å²) >= 11 is 18.4. The molecule has 1 aromatic carbocycles. The van der Waals surface area contributed by atoms with Gasteiger partial charge in [0.25, 0.3) is 0 Å². The van der Waals surface area contributed by atoms with E-state index in [2.05, 4.69) is 0 Å². The first kappa shape index (κ1) is 14.7. The molecule has 0 bridgehead atoms. The fraction of sp³-hybridized carbons (Fsp3) is 0.286. The topological polar surface area (TPSA) is 3.24 Å². The van der Waals surface area contributed by atoms with Gasteiger partial charge in [-0.25, -0.2) is 4.39 Å². The number of halogens is 4. The van der Waals surface area contributed by atoms with Gasteiger partial charge in [-0.1, -0.05) is 35.3 Å². The van der Waals surface area contributed by atoms with Crippen LogP contribution in [0.25, 0.3) is 0 Å². The van der Waals surface area contributed by atoms with Gasteiger partial charge in [0.15, 0.2) is 0 Å². The summed E-state index contributed by atoms with van der Waals surface area (Å²) in [5.74, 6) is -0.618. The standard InChI is InChI=1S/C14H13Cl3FN/c1-19(2)12-6-3-8(7-11(12)18)13-9(15)4-5-10(16)14(13)17/h3-7,9,13H,1-2H3. The van der Waals surface area contributed by atoms with E-state index in [9.17, 15) is 4.39 Å². The van der Waals surface area contributed by atoms with Crippen molar-refractivity contribution in [3.05, 3.63) is 51.8 Å². The van der Waals surface area contributed by atoms with E-state index in [-0.39, 0.29) is 17.1 Å². The molecule has 1 aliphatic rings. The number of benzene rings is 1. The van der Waals surface area contributed by atoms with Gasteiger partial charge in [0.1, 0.15) is 5.82 Å². The first-order chi connectivity index (χ1) is 8.91. The molecule has 0 spiro atoms. The minimum atomic E-state index is -0.334. The number of anilines is 1. The Bertz CT molecular complexity index is 552. The number of hydrogen-bond donors (Lipinski definition) is 0. The molecule has 0 radical (unpaired) electrons. The average Bonchev–Trinajstić information content (AvgIpc) is 2.34. The van der Waals surface area contributed by atoms with Crippen LogP contribution in [-0.4, -0.2) is 19.5 Å². The summed E-state index contributed by atoms with van der Waals surface area (Å²) < 4.78 is 14.0. The summed E-state index contributed by atoms with van der Waals surface area (Å²) in [6, 6.07) is 5.00. The van der Waals surface area contributed by atoms with Crippen LogP contribution < -0.4 is 4.90 Å². The van der Waals surface area contributed by atoms with Crippen LogP contribution in [0.4, 0.5) is 10.1 Å². The van der Waals surface area contributed by atoms with Crippen molar-refractivity contribution in [2.75, 3.05) is 19.0 Å². The molecule has 0 saturated carbocycles. The molecule has 0 aromatic heterocycles. The van der Waals surface area contributed by atoms with Gasteiger partial charge in [0.05, 0.1) is 16.1 Å². The monoisotopic (exact) mass is 319 g/mol. The van der Waals surface area contributed by atoms with E-state index in [1.165, 1.54) is 6.07 Å². The molecule has 0 saturated heterocycles. The molecule has 0 amide bonds. The van der Waals surface area contributed by atoms with Gasteiger partial charge in [-0.2, -0.15) is 0 Å². The average molecular weight is 321 g/mol. The van der Waals surface area contributed by atoms with E-state index in [4.69, 9.17) is 34.8 Å². The van der Waals surface area contributed by atoms with E-state index < -0.39 is 0 Å². The Labute approximate surface area is 127 Å². The van der Waals surface area contributed by atoms with Crippen LogP contribution in [0.3, 0.4) is 0 Å². The van der Waals surface area contributed by atoms with Crippen LogP contribution in [0.2, 0.25) is 0 Å². The molecule has 0 heterocycles. The predicted octanol–water partition coefficient (Wildman–Crippen LogP) is 4.84. The molecule has 0 aliphatic heterocycles. The molecular formula is C14H13Cl3FN. The Balaban J connectivity index is 2.42. The van der Waals surface area contributed by atoms with Gasteiger partial charge in [-0.05, 0) is 23.8 Å². The van der Waals surface area contributed by atoms with Gasteiger partial charge in [0.2, 0.25) is 0 Å². The van der Waals surface area contributed by atoms with Crippen LogP contribution in [-0.2, 0) is 0 Å². The van der Waals surface area contributed by atoms with Gasteiger partial charge >= 0.3 is 0 Å². The van der Waals surface area contributed by atoms with Crippen molar-refractivity contribution >= 4 is 40.5 Å². The van der Waals surface area contributed by atoms with Crippen molar-refractivity contribution in [1.29, 1.82) is 0 Å². The second-order valence-corrected chi connectivity index (χ2v) is 5.90. The minimum absolute atomic E-state index is 0.304. The number of allylic oxidation sites excluding steroid dienone is 4. The highest BCUT2D eigenvalue weighted by Gasteiger charge is 2.28. The van der Waals surface area contributed by atoms with E-state index in [1.54, 1.807) is 37.2 Å². The number of rotatable bonds is 2. The SMILES string of the molecule is CN(C)c1ccc(C2C(Cl)=C(Cl)C=CC2Cl)cc1F. The first-order valence-corrected chi connectivity index (χ1v) is 6.95. The summed E-state index contributed by atoms with van der Waals surface area (Å²) in [7, 11) is 3.57. The lowest BCUT2D eigenvalue weighted by Gasteiger charge is -2.25. The smallest absolute Gasteiger partial charge is 0.146 e. The molecule has 0 N–H and O–H groups in total. The van der Waals surface area contributed by atoms with Crippen LogP contribution in [0, 0.1) is 5.82 Å². The minimum Gasteiger partial charge on any atom is -0.375 e. The van der Waals surface area contributed by atoms with Crippen molar-refractivity contribution in [2.45, 2.75) is 11.3 Å². The molecule has 102 valence electrons. The fourth-order valence-corrected chi connectivity index (χ4v) is 2.99. The summed E-state index contributed by atoms with van der Waals surface area (Å²) in [5.41, 5.74) is 1.24. The molecule has 1 aromatic rings. The van der Waals surface area contributed by atoms with Crippen LogP contribution in [0.5, 0.6) is 0 Å². The van der Waals surface area contributed by atoms with E-state index in [0.717, 1.165) is 5.56 Å². The lowest BCUT2D eigenvalue weighted by Crippen LogP contribution is -2.16. The Morgan fingerprint density at radius 3 is 2.47 bits per heavy atom. The highest BCUT2D eigenvalue weighted by Crippen LogP contribution is 2.41. The summed E-state index contributed by atoms with van der Waals surface area (Å²) in [4.78, 5) is 1.71. The molecule has 0 fully saturated rings. The maximum Gasteiger partial charge on any atom is 0.146 e. The molecular weight excluding hydrogens is 308 g/mol. The molecule has 2 atom stereocenters. The largest absolute Gasteiger partial charge is 0.375 e. The quantitative estimate of drug-likeness (QED) is 0.705. The van der Waals surface area contributed by atoms with Crippen molar-refractivity contribution in [3.63, 3.8) is 0 Å². The second-order valence-electron chi connectivity index (χ2n) is 4.58. The highest BCUT2D eigenvalue weighted by atomic mass is 35.5. The van der Waals surface area contributed by atoms with Gasteiger partial charge in [-0.15, -0.1) is 11.6 Å². The maximum absolute atomic E-state index is 14.0. The maximum atomic E-state index is 14.0. The number of nitrogens with zero attached hydrogens (tertiary/aromatic N) is 1. The third kappa shape index (κ3) is 2.91. The van der Waals surface area contributed by atoms with Gasteiger partial charge in [-0.3, -0.25) is 0 Å². The van der Waals surface area contributed by atoms with E-state index in [1.807, 2.05) is 6.07 Å². The number of alkyl halides is 1. The van der Waals surface area contributed by atoms with Crippen LogP contribution >= 0.6 is 34.8 Å². The number of hydrogen-bond acceptors (Lipinski definition) is 1. The Kier molecular flexibility index (Phi) is 4.44. The highest BCUT2D eigenvalue weighted by molar-refractivity contribution is 6.41. The molecule has 1 nitrogen and oxygen atoms in total. The van der Waals surface area contributed by atoms with Crippen molar-refractivity contribution < 1.29 is 4.39 Å². The van der Waals surface area contributed by atoms with Gasteiger partial charge in [0, 0.05) is 25.0 Å². The van der Waals surface area contributed by atoms with Crippen molar-refractivity contribution in [2.24, 2.45) is 0 Å². The zero-order valence-electron chi connectivity index (χ0n) is 10.5. The third-order valence-electron chi connectivity index (χ3n) is 3.06. The Morgan fingerprint density at radius 2 is 1.89 bits per heavy atom. The van der Waals surface area contributed by atoms with E-state index >= 15 is 0 Å². The van der Waals surface area contributed by atoms with Crippen molar-refractivity contribution in [1.82, 2.24) is 0 Å². The molecule has 2 unspecified atom stereocenters. The molecule has 5 heteroatoms. The predicted molar refractivity (Wildman–Crippen MR) is 81.0 cm³/mol. The first-order valence-electron chi connectivity index (χ1n) is 5.76. The zero-order chi connectivity index (χ0) is 14.2. The third-order valence-corrected chi connectivity index (χ3v) is 4.32. The second kappa shape index (κ2) is 5.74. The van der Waals surface area contributed by atoms with Crippen LogP contribution in [0.1, 0.15) is 11.5 Å². The van der Waals surface area contributed by atoms with E-state index in [0.29, 0.717) is 15.8 Å². The van der Waals surface area contributed by atoms with Crippen LogP contribution in [0.15, 0.2) is 40.4 Å². The Morgan fingerprint density at radius 1 is 1.21 bits per heavy atom. The zero-order valence-corrected chi connectivity index (χ0v) is 12.8. The normalized spacial score (nSPS) is 22.8. The molecule has 2 rings (SSSR count). The summed E-state index contributed by atoms with van der Waals surface area (Å²) in [6.07, 6.45) is 3.43. The summed E-state index contributed by atoms with van der Waals surface area (Å²) in [6.45, 7) is 0. The fourth-order valence-electron chi connectivity index (χ4n) is 2.06. The molecule has 1 aliphatic carbocycles.